The fourth-order valence-electron chi connectivity index (χ4n) is 4.77. The van der Waals surface area contributed by atoms with Gasteiger partial charge in [0.25, 0.3) is 0 Å². The molecule has 0 saturated heterocycles. The summed E-state index contributed by atoms with van der Waals surface area (Å²) in [6, 6.07) is 33.8. The predicted octanol–water partition coefficient (Wildman–Crippen LogP) is 7.73. The molecule has 0 amide bonds. The van der Waals surface area contributed by atoms with Gasteiger partial charge in [0, 0.05) is 37.6 Å². The van der Waals surface area contributed by atoms with E-state index in [9.17, 15) is 0 Å². The highest BCUT2D eigenvalue weighted by atomic mass is 32.1. The molecule has 1 aliphatic heterocycles. The first kappa shape index (κ1) is 23.1. The van der Waals surface area contributed by atoms with Crippen molar-refractivity contribution in [2.24, 2.45) is 0 Å². The Morgan fingerprint density at radius 1 is 0.778 bits per heavy atom. The molecule has 5 aromatic rings. The average molecular weight is 527 g/mol. The summed E-state index contributed by atoms with van der Waals surface area (Å²) < 4.78 is 27.9. The van der Waals surface area contributed by atoms with E-state index in [4.69, 9.17) is 9.47 Å². The lowest BCUT2D eigenvalue weighted by Crippen LogP contribution is -2.22. The van der Waals surface area contributed by atoms with E-state index >= 15 is 4.57 Å². The molecule has 1 unspecified atom stereocenters. The van der Waals surface area contributed by atoms with E-state index in [0.717, 1.165) is 37.3 Å². The molecule has 6 heteroatoms. The quantitative estimate of drug-likeness (QED) is 0.213. The number of rotatable bonds is 6. The van der Waals surface area contributed by atoms with Crippen LogP contribution < -0.4 is 20.1 Å². The van der Waals surface area contributed by atoms with Crippen LogP contribution in [0, 0.1) is 0 Å². The number of hydrogen-bond acceptors (Lipinski definition) is 5. The van der Waals surface area contributed by atoms with Crippen LogP contribution in [-0.4, -0.2) is 7.11 Å². The van der Waals surface area contributed by atoms with E-state index < -0.39 is 12.8 Å². The second kappa shape index (κ2) is 9.59. The van der Waals surface area contributed by atoms with Gasteiger partial charge in [-0.2, -0.15) is 0 Å². The largest absolute Gasteiger partial charge is 0.497 e. The molecular formula is C30H23O3PS2. The van der Waals surface area contributed by atoms with Crippen molar-refractivity contribution in [1.82, 2.24) is 0 Å². The molecule has 178 valence electrons. The van der Waals surface area contributed by atoms with E-state index in [1.807, 2.05) is 91.0 Å². The summed E-state index contributed by atoms with van der Waals surface area (Å²) in [5.41, 5.74) is 1.42. The van der Waals surface area contributed by atoms with Crippen molar-refractivity contribution in [2.75, 3.05) is 7.11 Å². The molecule has 0 bridgehead atoms. The normalized spacial score (nSPS) is 14.8. The molecule has 0 N–H and O–H groups in total. The molecule has 3 heterocycles. The third-order valence-electron chi connectivity index (χ3n) is 6.41. The van der Waals surface area contributed by atoms with Gasteiger partial charge in [0.2, 0.25) is 0 Å². The Labute approximate surface area is 218 Å². The summed E-state index contributed by atoms with van der Waals surface area (Å²) in [4.78, 5) is 2.18. The van der Waals surface area contributed by atoms with Gasteiger partial charge in [0.15, 0.2) is 7.14 Å². The van der Waals surface area contributed by atoms with E-state index in [1.165, 1.54) is 0 Å². The molecule has 36 heavy (non-hydrogen) atoms. The average Bonchev–Trinajstić information content (AvgIpc) is 3.71. The number of fused-ring (bicyclic) bond motifs is 1. The molecule has 1 aliphatic rings. The zero-order valence-corrected chi connectivity index (χ0v) is 22.1. The van der Waals surface area contributed by atoms with Crippen LogP contribution in [-0.2, 0) is 4.57 Å². The van der Waals surface area contributed by atoms with Crippen molar-refractivity contribution >= 4 is 46.0 Å². The van der Waals surface area contributed by atoms with Crippen molar-refractivity contribution in [3.8, 4) is 11.5 Å². The standard InChI is InChI=1S/C30H23O3PS2/c1-32-21-16-17-24-25(20-21)33-29(28(26-14-8-18-35-26)27-15-9-19-36-27)30(24)34(31,22-10-4-2-5-11-22)23-12-6-3-7-13-23/h2-20,30H,1H3. The number of thiophene rings is 2. The van der Waals surface area contributed by atoms with E-state index in [0.29, 0.717) is 11.5 Å². The highest BCUT2D eigenvalue weighted by Crippen LogP contribution is 2.66. The van der Waals surface area contributed by atoms with Crippen LogP contribution in [0.15, 0.2) is 120 Å². The van der Waals surface area contributed by atoms with Gasteiger partial charge in [0.1, 0.15) is 22.9 Å². The smallest absolute Gasteiger partial charge is 0.157 e. The lowest BCUT2D eigenvalue weighted by molar-refractivity contribution is 0.406. The lowest BCUT2D eigenvalue weighted by Gasteiger charge is -2.27. The van der Waals surface area contributed by atoms with Gasteiger partial charge in [-0.3, -0.25) is 0 Å². The van der Waals surface area contributed by atoms with Gasteiger partial charge < -0.3 is 14.0 Å². The summed E-state index contributed by atoms with van der Waals surface area (Å²) in [5.74, 6) is 2.11. The molecule has 0 aliphatic carbocycles. The third kappa shape index (κ3) is 3.84. The Bertz CT molecular complexity index is 1480. The minimum Gasteiger partial charge on any atom is -0.497 e. The second-order valence-corrected chi connectivity index (χ2v) is 13.2. The van der Waals surface area contributed by atoms with Crippen LogP contribution in [0.3, 0.4) is 0 Å². The minimum absolute atomic E-state index is 0.484. The van der Waals surface area contributed by atoms with Gasteiger partial charge in [-0.1, -0.05) is 78.9 Å². The van der Waals surface area contributed by atoms with Crippen LogP contribution in [0.1, 0.15) is 21.0 Å². The topological polar surface area (TPSA) is 35.5 Å². The Morgan fingerprint density at radius 2 is 1.36 bits per heavy atom. The van der Waals surface area contributed by atoms with Crippen LogP contribution in [0.5, 0.6) is 11.5 Å². The van der Waals surface area contributed by atoms with E-state index in [2.05, 4.69) is 22.9 Å². The van der Waals surface area contributed by atoms with Gasteiger partial charge >= 0.3 is 0 Å². The fourth-order valence-corrected chi connectivity index (χ4v) is 9.66. The highest BCUT2D eigenvalue weighted by molar-refractivity contribution is 7.79. The van der Waals surface area contributed by atoms with Crippen molar-refractivity contribution < 1.29 is 14.0 Å². The first-order valence-electron chi connectivity index (χ1n) is 11.6. The summed E-state index contributed by atoms with van der Waals surface area (Å²) in [6.07, 6.45) is 0. The molecule has 6 rings (SSSR count). The van der Waals surface area contributed by atoms with E-state index in [-0.39, 0.29) is 0 Å². The first-order valence-corrected chi connectivity index (χ1v) is 15.1. The van der Waals surface area contributed by atoms with Crippen molar-refractivity contribution in [2.45, 2.75) is 5.66 Å². The Hall–Kier alpha value is -3.37. The maximum Gasteiger partial charge on any atom is 0.157 e. The maximum atomic E-state index is 15.7. The third-order valence-corrected chi connectivity index (χ3v) is 11.6. The van der Waals surface area contributed by atoms with Crippen LogP contribution >= 0.6 is 29.8 Å². The number of methoxy groups -OCH3 is 1. The lowest BCUT2D eigenvalue weighted by atomic mass is 10.1. The number of benzene rings is 3. The summed E-state index contributed by atoms with van der Waals surface area (Å²) in [7, 11) is -1.61. The SMILES string of the molecule is COc1ccc2c(c1)OC(=C(c1cccs1)c1cccs1)C2P(=O)(c1ccccc1)c1ccccc1. The Balaban J connectivity index is 1.71. The first-order chi connectivity index (χ1) is 17.7. The van der Waals surface area contributed by atoms with Gasteiger partial charge in [-0.15, -0.1) is 22.7 Å². The summed E-state index contributed by atoms with van der Waals surface area (Å²) in [5, 5.41) is 5.75. The van der Waals surface area contributed by atoms with E-state index in [1.54, 1.807) is 29.8 Å². The maximum absolute atomic E-state index is 15.7. The molecular weight excluding hydrogens is 503 g/mol. The highest BCUT2D eigenvalue weighted by Gasteiger charge is 2.47. The Kier molecular flexibility index (Phi) is 6.14. The van der Waals surface area contributed by atoms with Gasteiger partial charge in [-0.05, 0) is 29.0 Å². The molecule has 1 atom stereocenters. The molecule has 3 nitrogen and oxygen atoms in total. The predicted molar refractivity (Wildman–Crippen MR) is 151 cm³/mol. The molecule has 0 fully saturated rings. The number of hydrogen-bond donors (Lipinski definition) is 0. The number of allylic oxidation sites excluding steroid dienone is 1. The summed E-state index contributed by atoms with van der Waals surface area (Å²) >= 11 is 3.32. The fraction of sp³-hybridized carbons (Fsp3) is 0.0667. The molecule has 3 aromatic carbocycles. The number of ether oxygens (including phenoxy) is 2. The van der Waals surface area contributed by atoms with Crippen LogP contribution in [0.2, 0.25) is 0 Å². The minimum atomic E-state index is -3.26. The van der Waals surface area contributed by atoms with Crippen LogP contribution in [0.25, 0.3) is 5.57 Å². The molecule has 0 saturated carbocycles. The summed E-state index contributed by atoms with van der Waals surface area (Å²) in [6.45, 7) is 0. The zero-order chi connectivity index (χ0) is 24.5. The van der Waals surface area contributed by atoms with Crippen molar-refractivity contribution in [3.63, 3.8) is 0 Å². The molecule has 0 radical (unpaired) electrons. The van der Waals surface area contributed by atoms with Crippen molar-refractivity contribution in [3.05, 3.63) is 135 Å². The monoisotopic (exact) mass is 526 g/mol. The molecule has 2 aromatic heterocycles. The van der Waals surface area contributed by atoms with Gasteiger partial charge in [0.05, 0.1) is 7.11 Å². The zero-order valence-electron chi connectivity index (χ0n) is 19.5. The van der Waals surface area contributed by atoms with Crippen LogP contribution in [0.4, 0.5) is 0 Å². The molecule has 0 spiro atoms. The Morgan fingerprint density at radius 3 is 1.86 bits per heavy atom. The van der Waals surface area contributed by atoms with Gasteiger partial charge in [-0.25, -0.2) is 0 Å². The van der Waals surface area contributed by atoms with Crippen molar-refractivity contribution in [1.29, 1.82) is 0 Å². The second-order valence-electron chi connectivity index (χ2n) is 8.43.